The summed E-state index contributed by atoms with van der Waals surface area (Å²) >= 11 is 0. The lowest BCUT2D eigenvalue weighted by molar-refractivity contribution is 0.451. The maximum atomic E-state index is 3.80. The average molecular weight is 138 g/mol. The molecule has 0 heteroatoms. The monoisotopic (exact) mass is 138 g/mol. The Kier molecular flexibility index (Phi) is 5.00. The summed E-state index contributed by atoms with van der Waals surface area (Å²) in [5, 5.41) is 0. The highest BCUT2D eigenvalue weighted by molar-refractivity contribution is 4.91. The van der Waals surface area contributed by atoms with Crippen LogP contribution in [0.4, 0.5) is 0 Å². The fraction of sp³-hybridized carbons (Fsp3) is 0.600. The largest absolute Gasteiger partial charge is 0.103 e. The van der Waals surface area contributed by atoms with Crippen LogP contribution in [0.2, 0.25) is 0 Å². The molecular weight excluding hydrogens is 120 g/mol. The fourth-order valence-electron chi connectivity index (χ4n) is 1.29. The average Bonchev–Trinajstić information content (AvgIpc) is 2.00. The van der Waals surface area contributed by atoms with Gasteiger partial charge in [0.25, 0.3) is 0 Å². The molecule has 0 aliphatic heterocycles. The first kappa shape index (κ1) is 9.48. The van der Waals surface area contributed by atoms with Crippen LogP contribution in [0.15, 0.2) is 25.3 Å². The summed E-state index contributed by atoms with van der Waals surface area (Å²) in [7, 11) is 0. The van der Waals surface area contributed by atoms with E-state index in [0.29, 0.717) is 11.8 Å². The first-order valence-corrected chi connectivity index (χ1v) is 4.05. The summed E-state index contributed by atoms with van der Waals surface area (Å²) in [6, 6.07) is 0. The van der Waals surface area contributed by atoms with Crippen LogP contribution >= 0.6 is 0 Å². The molecule has 2 atom stereocenters. The molecule has 0 fully saturated rings. The Hall–Kier alpha value is -0.520. The quantitative estimate of drug-likeness (QED) is 0.511. The molecule has 58 valence electrons. The molecule has 0 aromatic carbocycles. The van der Waals surface area contributed by atoms with E-state index in [9.17, 15) is 0 Å². The molecule has 10 heavy (non-hydrogen) atoms. The van der Waals surface area contributed by atoms with Crippen molar-refractivity contribution >= 4 is 0 Å². The minimum Gasteiger partial charge on any atom is -0.103 e. The second-order valence-electron chi connectivity index (χ2n) is 2.62. The summed E-state index contributed by atoms with van der Waals surface area (Å²) in [5.41, 5.74) is 0. The normalized spacial score (nSPS) is 15.8. The molecule has 0 heterocycles. The summed E-state index contributed by atoms with van der Waals surface area (Å²) < 4.78 is 0. The third kappa shape index (κ3) is 2.38. The van der Waals surface area contributed by atoms with Crippen molar-refractivity contribution < 1.29 is 0 Å². The van der Waals surface area contributed by atoms with Gasteiger partial charge in [-0.15, -0.1) is 13.2 Å². The van der Waals surface area contributed by atoms with Crippen molar-refractivity contribution in [1.29, 1.82) is 0 Å². The van der Waals surface area contributed by atoms with Crippen molar-refractivity contribution in [3.8, 4) is 0 Å². The van der Waals surface area contributed by atoms with Gasteiger partial charge in [-0.3, -0.25) is 0 Å². The van der Waals surface area contributed by atoms with E-state index in [-0.39, 0.29) is 0 Å². The van der Waals surface area contributed by atoms with Gasteiger partial charge in [-0.1, -0.05) is 26.0 Å². The van der Waals surface area contributed by atoms with E-state index in [1.807, 2.05) is 12.2 Å². The Morgan fingerprint density at radius 1 is 1.00 bits per heavy atom. The van der Waals surface area contributed by atoms with Crippen molar-refractivity contribution in [2.45, 2.75) is 26.7 Å². The van der Waals surface area contributed by atoms with Gasteiger partial charge in [-0.05, 0) is 24.7 Å². The molecule has 0 spiro atoms. The lowest BCUT2D eigenvalue weighted by Gasteiger charge is -2.17. The zero-order chi connectivity index (χ0) is 7.98. The van der Waals surface area contributed by atoms with Gasteiger partial charge in [0.15, 0.2) is 0 Å². The number of hydrogen-bond donors (Lipinski definition) is 0. The van der Waals surface area contributed by atoms with E-state index in [1.165, 1.54) is 12.8 Å². The lowest BCUT2D eigenvalue weighted by atomic mass is 9.88. The minimum atomic E-state index is 0.627. The van der Waals surface area contributed by atoms with Gasteiger partial charge in [0.05, 0.1) is 0 Å². The SMILES string of the molecule is C=C[C@H](CC)[C@@H](C=C)CC. The summed E-state index contributed by atoms with van der Waals surface area (Å²) in [5.74, 6) is 1.25. The van der Waals surface area contributed by atoms with Gasteiger partial charge >= 0.3 is 0 Å². The molecule has 0 saturated carbocycles. The molecule has 0 saturated heterocycles. The molecule has 0 N–H and O–H groups in total. The number of allylic oxidation sites excluding steroid dienone is 2. The Balaban J connectivity index is 3.93. The van der Waals surface area contributed by atoms with Crippen LogP contribution in [0.1, 0.15) is 26.7 Å². The summed E-state index contributed by atoms with van der Waals surface area (Å²) in [6.07, 6.45) is 6.42. The summed E-state index contributed by atoms with van der Waals surface area (Å²) in [6.45, 7) is 12.0. The van der Waals surface area contributed by atoms with Crippen molar-refractivity contribution in [2.75, 3.05) is 0 Å². The molecule has 0 aromatic rings. The van der Waals surface area contributed by atoms with E-state index >= 15 is 0 Å². The van der Waals surface area contributed by atoms with Gasteiger partial charge < -0.3 is 0 Å². The molecule has 0 aliphatic rings. The second-order valence-corrected chi connectivity index (χ2v) is 2.62. The van der Waals surface area contributed by atoms with Crippen LogP contribution in [0, 0.1) is 11.8 Å². The summed E-state index contributed by atoms with van der Waals surface area (Å²) in [4.78, 5) is 0. The molecule has 0 aliphatic carbocycles. The fourth-order valence-corrected chi connectivity index (χ4v) is 1.29. The first-order chi connectivity index (χ1) is 4.79. The van der Waals surface area contributed by atoms with Crippen molar-refractivity contribution in [3.63, 3.8) is 0 Å². The van der Waals surface area contributed by atoms with Gasteiger partial charge in [0.2, 0.25) is 0 Å². The van der Waals surface area contributed by atoms with Gasteiger partial charge in [0.1, 0.15) is 0 Å². The molecule has 0 rings (SSSR count). The maximum Gasteiger partial charge on any atom is -0.0176 e. The zero-order valence-electron chi connectivity index (χ0n) is 7.14. The third-order valence-corrected chi connectivity index (χ3v) is 2.10. The van der Waals surface area contributed by atoms with E-state index in [1.54, 1.807) is 0 Å². The van der Waals surface area contributed by atoms with Crippen molar-refractivity contribution in [1.82, 2.24) is 0 Å². The lowest BCUT2D eigenvalue weighted by Crippen LogP contribution is -2.07. The van der Waals surface area contributed by atoms with Crippen LogP contribution in [-0.4, -0.2) is 0 Å². The standard InChI is InChI=1S/C10H18/c1-5-9(6-2)10(7-3)8-4/h5,7,9-10H,1,3,6,8H2,2,4H3/t9-,10+. The van der Waals surface area contributed by atoms with Crippen LogP contribution < -0.4 is 0 Å². The highest BCUT2D eigenvalue weighted by Gasteiger charge is 2.10. The number of hydrogen-bond acceptors (Lipinski definition) is 0. The highest BCUT2D eigenvalue weighted by Crippen LogP contribution is 2.20. The highest BCUT2D eigenvalue weighted by atomic mass is 14.1. The minimum absolute atomic E-state index is 0.627. The first-order valence-electron chi connectivity index (χ1n) is 4.05. The molecule has 0 radical (unpaired) electrons. The number of rotatable bonds is 5. The van der Waals surface area contributed by atoms with Crippen LogP contribution in [0.25, 0.3) is 0 Å². The van der Waals surface area contributed by atoms with Crippen LogP contribution in [0.5, 0.6) is 0 Å². The molecule has 0 amide bonds. The van der Waals surface area contributed by atoms with Crippen LogP contribution in [-0.2, 0) is 0 Å². The van der Waals surface area contributed by atoms with E-state index < -0.39 is 0 Å². The Labute approximate surface area is 64.6 Å². The van der Waals surface area contributed by atoms with Crippen molar-refractivity contribution in [3.05, 3.63) is 25.3 Å². The third-order valence-electron chi connectivity index (χ3n) is 2.10. The van der Waals surface area contributed by atoms with E-state index in [0.717, 1.165) is 0 Å². The van der Waals surface area contributed by atoms with Gasteiger partial charge in [0, 0.05) is 0 Å². The van der Waals surface area contributed by atoms with Gasteiger partial charge in [-0.25, -0.2) is 0 Å². The van der Waals surface area contributed by atoms with Crippen molar-refractivity contribution in [2.24, 2.45) is 11.8 Å². The predicted molar refractivity (Wildman–Crippen MR) is 48.0 cm³/mol. The predicted octanol–water partition coefficient (Wildman–Crippen LogP) is 3.41. The Morgan fingerprint density at radius 3 is 1.40 bits per heavy atom. The maximum absolute atomic E-state index is 3.80. The smallest absolute Gasteiger partial charge is 0.0176 e. The Bertz CT molecular complexity index is 88.6. The molecule has 0 bridgehead atoms. The molecular formula is C10H18. The zero-order valence-corrected chi connectivity index (χ0v) is 7.14. The van der Waals surface area contributed by atoms with Crippen LogP contribution in [0.3, 0.4) is 0 Å². The van der Waals surface area contributed by atoms with E-state index in [4.69, 9.17) is 0 Å². The van der Waals surface area contributed by atoms with E-state index in [2.05, 4.69) is 27.0 Å². The van der Waals surface area contributed by atoms with Gasteiger partial charge in [-0.2, -0.15) is 0 Å². The second kappa shape index (κ2) is 5.28. The molecule has 0 unspecified atom stereocenters. The topological polar surface area (TPSA) is 0 Å². The molecule has 0 nitrogen and oxygen atoms in total. The molecule has 0 aromatic heterocycles. The Morgan fingerprint density at radius 2 is 1.30 bits per heavy atom.